The quantitative estimate of drug-likeness (QED) is 0.802. The van der Waals surface area contributed by atoms with Gasteiger partial charge in [0.25, 0.3) is 0 Å². The van der Waals surface area contributed by atoms with Crippen molar-refractivity contribution < 1.29 is 9.90 Å². The molecule has 2 nitrogen and oxygen atoms in total. The molecule has 2 aromatic rings. The van der Waals surface area contributed by atoms with E-state index < -0.39 is 5.97 Å². The molecule has 1 aromatic heterocycles. The topological polar surface area (TPSA) is 37.3 Å². The van der Waals surface area contributed by atoms with Gasteiger partial charge in [0, 0.05) is 21.1 Å². The zero-order chi connectivity index (χ0) is 12.9. The van der Waals surface area contributed by atoms with Crippen LogP contribution in [0.25, 0.3) is 10.4 Å². The van der Waals surface area contributed by atoms with Crippen LogP contribution in [0.4, 0.5) is 0 Å². The van der Waals surface area contributed by atoms with E-state index in [9.17, 15) is 4.79 Å². The third-order valence-corrected chi connectivity index (χ3v) is 5.97. The number of carbonyl (C=O) groups is 1. The third kappa shape index (κ3) is 1.84. The summed E-state index contributed by atoms with van der Waals surface area (Å²) in [5, 5.41) is 10.1. The summed E-state index contributed by atoms with van der Waals surface area (Å²) in [7, 11) is 0. The fourth-order valence-electron chi connectivity index (χ4n) is 1.87. The van der Waals surface area contributed by atoms with Crippen molar-refractivity contribution in [3.8, 4) is 10.4 Å². The van der Waals surface area contributed by atoms with Crippen LogP contribution < -0.4 is 0 Å². The second kappa shape index (κ2) is 4.46. The number of hydrogen-bond acceptors (Lipinski definition) is 3. The van der Waals surface area contributed by atoms with Gasteiger partial charge < -0.3 is 5.11 Å². The normalized spacial score (nSPS) is 13.0. The number of rotatable bonds is 1. The highest BCUT2D eigenvalue weighted by Crippen LogP contribution is 2.49. The summed E-state index contributed by atoms with van der Waals surface area (Å²) < 4.78 is 0. The van der Waals surface area contributed by atoms with Gasteiger partial charge >= 0.3 is 5.97 Å². The molecular formula is C12H6Cl2O2S2. The summed E-state index contributed by atoms with van der Waals surface area (Å²) in [5.74, 6) is -0.160. The van der Waals surface area contributed by atoms with Crippen LogP contribution in [0.3, 0.4) is 0 Å². The zero-order valence-electron chi connectivity index (χ0n) is 8.87. The number of fused-ring (bicyclic) bond motifs is 3. The van der Waals surface area contributed by atoms with Crippen molar-refractivity contribution in [2.75, 3.05) is 0 Å². The molecule has 1 aromatic carbocycles. The van der Waals surface area contributed by atoms with Crippen molar-refractivity contribution >= 4 is 52.3 Å². The molecule has 3 rings (SSSR count). The number of thiophene rings is 1. The Morgan fingerprint density at radius 3 is 2.83 bits per heavy atom. The predicted molar refractivity (Wildman–Crippen MR) is 76.3 cm³/mol. The number of halogens is 2. The number of hydrogen-bond donors (Lipinski definition) is 1. The molecular weight excluding hydrogens is 311 g/mol. The van der Waals surface area contributed by atoms with Gasteiger partial charge in [-0.1, -0.05) is 29.3 Å². The van der Waals surface area contributed by atoms with E-state index in [1.165, 1.54) is 11.3 Å². The van der Waals surface area contributed by atoms with E-state index in [0.717, 1.165) is 26.7 Å². The fourth-order valence-corrected chi connectivity index (χ4v) is 4.71. The largest absolute Gasteiger partial charge is 0.477 e. The Kier molecular flexibility index (Phi) is 3.06. The van der Waals surface area contributed by atoms with Gasteiger partial charge in [0.05, 0.1) is 10.0 Å². The van der Waals surface area contributed by atoms with Gasteiger partial charge in [-0.25, -0.2) is 4.79 Å². The smallest absolute Gasteiger partial charge is 0.345 e. The van der Waals surface area contributed by atoms with Crippen LogP contribution >= 0.6 is 46.3 Å². The molecule has 0 atom stereocenters. The maximum Gasteiger partial charge on any atom is 0.345 e. The van der Waals surface area contributed by atoms with E-state index in [1.54, 1.807) is 23.9 Å². The Morgan fingerprint density at radius 2 is 2.11 bits per heavy atom. The van der Waals surface area contributed by atoms with Crippen molar-refractivity contribution in [3.63, 3.8) is 0 Å². The molecule has 18 heavy (non-hydrogen) atoms. The van der Waals surface area contributed by atoms with Crippen molar-refractivity contribution in [1.29, 1.82) is 0 Å². The summed E-state index contributed by atoms with van der Waals surface area (Å²) in [6.07, 6.45) is 0. The summed E-state index contributed by atoms with van der Waals surface area (Å²) in [4.78, 5) is 13.3. The zero-order valence-corrected chi connectivity index (χ0v) is 12.0. The molecule has 0 spiro atoms. The van der Waals surface area contributed by atoms with E-state index in [2.05, 4.69) is 0 Å². The summed E-state index contributed by atoms with van der Waals surface area (Å²) in [6.45, 7) is 0. The Morgan fingerprint density at radius 1 is 1.33 bits per heavy atom. The van der Waals surface area contributed by atoms with Crippen LogP contribution in [0.5, 0.6) is 0 Å². The molecule has 0 amide bonds. The minimum Gasteiger partial charge on any atom is -0.477 e. The second-order valence-corrected chi connectivity index (χ2v) is 6.62. The number of thioether (sulfide) groups is 1. The van der Waals surface area contributed by atoms with Gasteiger partial charge in [0.1, 0.15) is 4.88 Å². The van der Waals surface area contributed by atoms with Gasteiger partial charge in [-0.15, -0.1) is 23.1 Å². The first-order chi connectivity index (χ1) is 8.58. The SMILES string of the molecule is O=C(O)c1cc2c(s1)-c1ccc(Cl)c(Cl)c1SC2. The lowest BCUT2D eigenvalue weighted by atomic mass is 10.1. The monoisotopic (exact) mass is 316 g/mol. The molecule has 92 valence electrons. The molecule has 1 aliphatic heterocycles. The minimum absolute atomic E-state index is 0.361. The molecule has 6 heteroatoms. The van der Waals surface area contributed by atoms with Crippen molar-refractivity contribution in [2.24, 2.45) is 0 Å². The number of carboxylic acids is 1. The van der Waals surface area contributed by atoms with Crippen LogP contribution in [0, 0.1) is 0 Å². The first-order valence-electron chi connectivity index (χ1n) is 5.05. The van der Waals surface area contributed by atoms with E-state index >= 15 is 0 Å². The molecule has 1 N–H and O–H groups in total. The average molecular weight is 317 g/mol. The van der Waals surface area contributed by atoms with Gasteiger partial charge in [-0.05, 0) is 17.7 Å². The molecule has 0 radical (unpaired) electrons. The van der Waals surface area contributed by atoms with E-state index in [-0.39, 0.29) is 0 Å². The molecule has 0 saturated carbocycles. The van der Waals surface area contributed by atoms with Crippen LogP contribution in [0.1, 0.15) is 15.2 Å². The molecule has 0 fully saturated rings. The highest BCUT2D eigenvalue weighted by molar-refractivity contribution is 7.99. The van der Waals surface area contributed by atoms with Crippen LogP contribution in [0.15, 0.2) is 23.1 Å². The maximum absolute atomic E-state index is 11.0. The van der Waals surface area contributed by atoms with E-state index in [1.807, 2.05) is 6.07 Å². The van der Waals surface area contributed by atoms with Gasteiger partial charge in [0.2, 0.25) is 0 Å². The fraction of sp³-hybridized carbons (Fsp3) is 0.0833. The Labute approximate surface area is 122 Å². The Balaban J connectivity index is 2.23. The van der Waals surface area contributed by atoms with Gasteiger partial charge in [-0.2, -0.15) is 0 Å². The molecule has 0 bridgehead atoms. The Hall–Kier alpha value is -0.680. The number of aromatic carboxylic acids is 1. The molecule has 1 aliphatic rings. The predicted octanol–water partition coefficient (Wildman–Crippen LogP) is 5.03. The summed E-state index contributed by atoms with van der Waals surface area (Å²) in [5.41, 5.74) is 2.03. The van der Waals surface area contributed by atoms with Crippen molar-refractivity contribution in [2.45, 2.75) is 10.6 Å². The van der Waals surface area contributed by atoms with Gasteiger partial charge in [0.15, 0.2) is 0 Å². The van der Waals surface area contributed by atoms with Crippen LogP contribution in [0.2, 0.25) is 10.0 Å². The molecule has 0 aliphatic carbocycles. The van der Waals surface area contributed by atoms with Crippen LogP contribution in [-0.4, -0.2) is 11.1 Å². The van der Waals surface area contributed by atoms with Crippen molar-refractivity contribution in [3.05, 3.63) is 38.7 Å². The lowest BCUT2D eigenvalue weighted by Crippen LogP contribution is -1.93. The van der Waals surface area contributed by atoms with E-state index in [0.29, 0.717) is 14.9 Å². The van der Waals surface area contributed by atoms with Gasteiger partial charge in [-0.3, -0.25) is 0 Å². The summed E-state index contributed by atoms with van der Waals surface area (Å²) in [6, 6.07) is 5.38. The van der Waals surface area contributed by atoms with E-state index in [4.69, 9.17) is 28.3 Å². The van der Waals surface area contributed by atoms with Crippen molar-refractivity contribution in [1.82, 2.24) is 0 Å². The highest BCUT2D eigenvalue weighted by atomic mass is 35.5. The maximum atomic E-state index is 11.0. The highest BCUT2D eigenvalue weighted by Gasteiger charge is 2.24. The first kappa shape index (κ1) is 12.4. The average Bonchev–Trinajstić information content (AvgIpc) is 2.77. The lowest BCUT2D eigenvalue weighted by Gasteiger charge is -2.17. The first-order valence-corrected chi connectivity index (χ1v) is 7.61. The molecule has 0 saturated heterocycles. The number of benzene rings is 1. The number of carboxylic acid groups (broad SMARTS) is 1. The molecule has 2 heterocycles. The summed E-state index contributed by atoms with van der Waals surface area (Å²) >= 11 is 15.1. The Bertz CT molecular complexity index is 664. The lowest BCUT2D eigenvalue weighted by molar-refractivity contribution is 0.0702. The third-order valence-electron chi connectivity index (χ3n) is 2.69. The second-order valence-electron chi connectivity index (χ2n) is 3.80. The molecule has 0 unspecified atom stereocenters. The van der Waals surface area contributed by atoms with Crippen LogP contribution in [-0.2, 0) is 5.75 Å². The standard InChI is InChI=1S/C12H6Cl2O2S2/c13-7-2-1-6-10-5(3-8(18-10)12(15)16)4-17-11(6)9(7)14/h1-3H,4H2,(H,15,16). The minimum atomic E-state index is -0.888.